The highest BCUT2D eigenvalue weighted by atomic mass is 16.6. The van der Waals surface area contributed by atoms with Crippen LogP contribution < -0.4 is 9.47 Å². The van der Waals surface area contributed by atoms with Gasteiger partial charge in [-0.1, -0.05) is 178 Å². The van der Waals surface area contributed by atoms with Gasteiger partial charge in [-0.3, -0.25) is 0 Å². The zero-order valence-corrected chi connectivity index (χ0v) is 32.7. The molecule has 0 bridgehead atoms. The maximum absolute atomic E-state index is 6.89. The summed E-state index contributed by atoms with van der Waals surface area (Å²) < 4.78 is 13.8. The molecule has 0 amide bonds. The summed E-state index contributed by atoms with van der Waals surface area (Å²) in [6, 6.07) is 67.5. The number of nitrogens with zero attached hydrogens (tertiary/aromatic N) is 2. The predicted octanol–water partition coefficient (Wildman–Crippen LogP) is 14.7. The Bertz CT molecular complexity index is 2980. The Balaban J connectivity index is 1.05. The predicted molar refractivity (Wildman–Crippen MR) is 239 cm³/mol. The number of ether oxygens (including phenoxy) is 2. The molecule has 0 unspecified atom stereocenters. The van der Waals surface area contributed by atoms with Crippen molar-refractivity contribution in [3.8, 4) is 101 Å². The largest absolute Gasteiger partial charge is 0.449 e. The van der Waals surface area contributed by atoms with Crippen LogP contribution >= 0.6 is 0 Å². The lowest BCUT2D eigenvalue weighted by Gasteiger charge is -2.26. The van der Waals surface area contributed by atoms with Crippen molar-refractivity contribution in [3.63, 3.8) is 0 Å². The lowest BCUT2D eigenvalue weighted by atomic mass is 9.82. The van der Waals surface area contributed by atoms with Gasteiger partial charge in [0.15, 0.2) is 28.8 Å². The fraction of sp³-hybridized carbons (Fsp3) is 0.0545. The van der Waals surface area contributed by atoms with E-state index in [1.165, 1.54) is 16.7 Å². The van der Waals surface area contributed by atoms with Gasteiger partial charge < -0.3 is 9.47 Å². The van der Waals surface area contributed by atoms with E-state index in [0.717, 1.165) is 72.8 Å². The van der Waals surface area contributed by atoms with Crippen molar-refractivity contribution >= 4 is 0 Å². The van der Waals surface area contributed by atoms with E-state index in [1.807, 2.05) is 30.3 Å². The van der Waals surface area contributed by atoms with E-state index >= 15 is 0 Å². The minimum Gasteiger partial charge on any atom is -0.449 e. The average Bonchev–Trinajstić information content (AvgIpc) is 3.54. The Morgan fingerprint density at radius 1 is 0.356 bits per heavy atom. The van der Waals surface area contributed by atoms with E-state index in [4.69, 9.17) is 19.4 Å². The number of para-hydroxylation sites is 1. The lowest BCUT2D eigenvalue weighted by Crippen LogP contribution is -2.15. The minimum atomic E-state index is -0.148. The molecule has 4 nitrogen and oxygen atoms in total. The van der Waals surface area contributed by atoms with Crippen LogP contribution in [0.3, 0.4) is 0 Å². The van der Waals surface area contributed by atoms with Crippen LogP contribution in [0.2, 0.25) is 0 Å². The second kappa shape index (κ2) is 13.8. The molecule has 8 aromatic carbocycles. The highest BCUT2D eigenvalue weighted by Gasteiger charge is 2.40. The average molecular weight is 759 g/mol. The van der Waals surface area contributed by atoms with E-state index in [9.17, 15) is 0 Å². The fourth-order valence-electron chi connectivity index (χ4n) is 8.81. The Morgan fingerprint density at radius 2 is 0.847 bits per heavy atom. The van der Waals surface area contributed by atoms with Gasteiger partial charge in [0.2, 0.25) is 0 Å². The molecular weight excluding hydrogens is 721 g/mol. The summed E-state index contributed by atoms with van der Waals surface area (Å²) in [6.45, 7) is 4.55. The van der Waals surface area contributed by atoms with E-state index in [0.29, 0.717) is 23.1 Å². The second-order valence-electron chi connectivity index (χ2n) is 15.7. The molecule has 11 rings (SSSR count). The molecule has 4 heteroatoms. The molecular formula is C55H38N2O2. The van der Waals surface area contributed by atoms with Crippen LogP contribution in [-0.4, -0.2) is 9.97 Å². The summed E-state index contributed by atoms with van der Waals surface area (Å²) in [5, 5.41) is 0. The quantitative estimate of drug-likeness (QED) is 0.169. The van der Waals surface area contributed by atoms with Crippen molar-refractivity contribution in [1.82, 2.24) is 9.97 Å². The molecule has 59 heavy (non-hydrogen) atoms. The Kier molecular flexibility index (Phi) is 8.12. The lowest BCUT2D eigenvalue weighted by molar-refractivity contribution is 0.361. The molecule has 1 aliphatic carbocycles. The summed E-state index contributed by atoms with van der Waals surface area (Å²) in [6.07, 6.45) is 0. The topological polar surface area (TPSA) is 44.2 Å². The minimum absolute atomic E-state index is 0.148. The van der Waals surface area contributed by atoms with E-state index in [2.05, 4.69) is 178 Å². The number of rotatable bonds is 6. The van der Waals surface area contributed by atoms with E-state index < -0.39 is 0 Å². The summed E-state index contributed by atoms with van der Waals surface area (Å²) in [5.74, 6) is 3.42. The smallest absolute Gasteiger partial charge is 0.178 e. The first kappa shape index (κ1) is 34.7. The Labute approximate surface area is 344 Å². The molecule has 0 fully saturated rings. The van der Waals surface area contributed by atoms with Crippen molar-refractivity contribution in [1.29, 1.82) is 0 Å². The molecule has 0 radical (unpaired) electrons. The van der Waals surface area contributed by atoms with Crippen LogP contribution in [0.5, 0.6) is 23.0 Å². The highest BCUT2D eigenvalue weighted by Crippen LogP contribution is 2.59. The van der Waals surface area contributed by atoms with Crippen molar-refractivity contribution in [2.45, 2.75) is 19.3 Å². The van der Waals surface area contributed by atoms with Crippen LogP contribution in [0, 0.1) is 0 Å². The summed E-state index contributed by atoms with van der Waals surface area (Å²) in [4.78, 5) is 10.7. The standard InChI is InChI=1S/C55H38N2O2/c1-55(2)45-28-12-11-26-44(45)51-46(55)30-31-50-53(51)59-49-29-15-27-42(52(49)58-50)41-24-9-10-25-43(41)54-56-47(39-22-13-20-37(32-39)35-16-5-3-6-17-35)34-48(57-54)40-23-14-21-38(33-40)36-18-7-4-8-19-36/h3-34H,1-2H3. The van der Waals surface area contributed by atoms with Crippen molar-refractivity contribution in [3.05, 3.63) is 205 Å². The molecule has 0 N–H and O–H groups in total. The van der Waals surface area contributed by atoms with Crippen LogP contribution in [0.25, 0.3) is 78.4 Å². The normalized spacial score (nSPS) is 13.0. The third kappa shape index (κ3) is 5.92. The van der Waals surface area contributed by atoms with Gasteiger partial charge in [0.05, 0.1) is 11.4 Å². The number of fused-ring (bicyclic) bond motifs is 6. The first-order chi connectivity index (χ1) is 29.0. The first-order valence-electron chi connectivity index (χ1n) is 20.1. The van der Waals surface area contributed by atoms with E-state index in [-0.39, 0.29) is 5.41 Å². The number of aromatic nitrogens is 2. The van der Waals surface area contributed by atoms with Crippen LogP contribution in [0.1, 0.15) is 25.0 Å². The second-order valence-corrected chi connectivity index (χ2v) is 15.7. The van der Waals surface area contributed by atoms with Gasteiger partial charge >= 0.3 is 0 Å². The molecule has 1 aromatic heterocycles. The Hall–Kier alpha value is -7.56. The number of hydrogen-bond acceptors (Lipinski definition) is 4. The van der Waals surface area contributed by atoms with Gasteiger partial charge in [0.25, 0.3) is 0 Å². The molecule has 2 aliphatic rings. The molecule has 1 aliphatic heterocycles. The maximum atomic E-state index is 6.89. The first-order valence-corrected chi connectivity index (χ1v) is 20.1. The van der Waals surface area contributed by atoms with Gasteiger partial charge in [-0.05, 0) is 74.8 Å². The van der Waals surface area contributed by atoms with E-state index in [1.54, 1.807) is 0 Å². The summed E-state index contributed by atoms with van der Waals surface area (Å²) >= 11 is 0. The van der Waals surface area contributed by atoms with Gasteiger partial charge in [-0.2, -0.15) is 0 Å². The van der Waals surface area contributed by atoms with Crippen molar-refractivity contribution in [2.24, 2.45) is 0 Å². The monoisotopic (exact) mass is 758 g/mol. The third-order valence-electron chi connectivity index (χ3n) is 11.8. The zero-order valence-electron chi connectivity index (χ0n) is 32.7. The fourth-order valence-corrected chi connectivity index (χ4v) is 8.81. The SMILES string of the molecule is CC1(C)c2ccccc2-c2c1ccc1c2Oc2cccc(-c3ccccc3-c3nc(-c4cccc(-c5ccccc5)c4)cc(-c4cccc(-c5ccccc5)c4)n3)c2O1. The van der Waals surface area contributed by atoms with Crippen molar-refractivity contribution < 1.29 is 9.47 Å². The molecule has 0 atom stereocenters. The molecule has 0 spiro atoms. The zero-order chi connectivity index (χ0) is 39.5. The summed E-state index contributed by atoms with van der Waals surface area (Å²) in [5.41, 5.74) is 15.7. The van der Waals surface area contributed by atoms with Gasteiger partial charge in [0, 0.05) is 33.2 Å². The maximum Gasteiger partial charge on any atom is 0.178 e. The molecule has 2 heterocycles. The van der Waals surface area contributed by atoms with Crippen LogP contribution in [0.4, 0.5) is 0 Å². The molecule has 9 aromatic rings. The van der Waals surface area contributed by atoms with Crippen LogP contribution in [-0.2, 0) is 5.41 Å². The summed E-state index contributed by atoms with van der Waals surface area (Å²) in [7, 11) is 0. The Morgan fingerprint density at radius 3 is 1.51 bits per heavy atom. The molecule has 0 saturated carbocycles. The van der Waals surface area contributed by atoms with Crippen LogP contribution in [0.15, 0.2) is 194 Å². The third-order valence-corrected chi connectivity index (χ3v) is 11.8. The van der Waals surface area contributed by atoms with Gasteiger partial charge in [0.1, 0.15) is 0 Å². The molecule has 0 saturated heterocycles. The molecule has 280 valence electrons. The van der Waals surface area contributed by atoms with Crippen molar-refractivity contribution in [2.75, 3.05) is 0 Å². The van der Waals surface area contributed by atoms with Gasteiger partial charge in [-0.25, -0.2) is 9.97 Å². The highest BCUT2D eigenvalue weighted by molar-refractivity contribution is 5.91. The number of benzene rings is 8. The number of hydrogen-bond donors (Lipinski definition) is 0. The van der Waals surface area contributed by atoms with Gasteiger partial charge in [-0.15, -0.1) is 0 Å².